The van der Waals surface area contributed by atoms with Crippen molar-refractivity contribution >= 4 is 17.6 Å². The minimum absolute atomic E-state index is 0.438. The molecule has 0 saturated heterocycles. The summed E-state index contributed by atoms with van der Waals surface area (Å²) in [5.74, 6) is -0.438. The third-order valence-electron chi connectivity index (χ3n) is 1.68. The molecule has 2 heterocycles. The molecule has 0 spiro atoms. The Bertz CT molecular complexity index is 469. The molecule has 3 nitrogen and oxygen atoms in total. The first kappa shape index (κ1) is 8.96. The van der Waals surface area contributed by atoms with E-state index in [2.05, 4.69) is 9.97 Å². The monoisotopic (exact) mass is 208 g/mol. The molecule has 2 aromatic heterocycles. The van der Waals surface area contributed by atoms with Crippen LogP contribution in [0.1, 0.15) is 9.67 Å². The Hall–Kier alpha value is -1.62. The van der Waals surface area contributed by atoms with Crippen molar-refractivity contribution in [3.8, 4) is 11.3 Å². The van der Waals surface area contributed by atoms with Gasteiger partial charge < -0.3 is 0 Å². The van der Waals surface area contributed by atoms with Crippen molar-refractivity contribution in [1.82, 2.24) is 9.97 Å². The number of carbonyl (C=O) groups is 1. The van der Waals surface area contributed by atoms with Gasteiger partial charge in [-0.3, -0.25) is 9.78 Å². The molecular weight excluding hydrogens is 203 g/mol. The van der Waals surface area contributed by atoms with Crippen LogP contribution in [0.3, 0.4) is 0 Å². The average molecular weight is 208 g/mol. The molecule has 0 radical (unpaired) electrons. The summed E-state index contributed by atoms with van der Waals surface area (Å²) in [6.45, 7) is 0. The fraction of sp³-hybridized carbons (Fsp3) is 0. The van der Waals surface area contributed by atoms with Crippen LogP contribution in [0.5, 0.6) is 0 Å². The van der Waals surface area contributed by atoms with E-state index in [0.717, 1.165) is 6.20 Å². The van der Waals surface area contributed by atoms with Crippen molar-refractivity contribution in [3.05, 3.63) is 34.7 Å². The second kappa shape index (κ2) is 3.63. The van der Waals surface area contributed by atoms with Gasteiger partial charge in [0.1, 0.15) is 5.82 Å². The molecule has 0 atom stereocenters. The van der Waals surface area contributed by atoms with E-state index in [0.29, 0.717) is 22.4 Å². The molecule has 2 aromatic rings. The quantitative estimate of drug-likeness (QED) is 0.710. The summed E-state index contributed by atoms with van der Waals surface area (Å²) in [7, 11) is 0. The Labute approximate surface area is 83.3 Å². The molecule has 0 fully saturated rings. The molecule has 0 saturated carbocycles. The van der Waals surface area contributed by atoms with Gasteiger partial charge in [0.15, 0.2) is 6.29 Å². The summed E-state index contributed by atoms with van der Waals surface area (Å²) in [6, 6.07) is 1.30. The van der Waals surface area contributed by atoms with Crippen LogP contribution in [0.2, 0.25) is 0 Å². The lowest BCUT2D eigenvalue weighted by molar-refractivity contribution is 0.112. The molecule has 0 aliphatic heterocycles. The number of nitrogens with zero attached hydrogens (tertiary/aromatic N) is 2. The molecule has 2 rings (SSSR count). The van der Waals surface area contributed by atoms with Crippen LogP contribution in [0.25, 0.3) is 11.3 Å². The lowest BCUT2D eigenvalue weighted by Gasteiger charge is -1.96. The van der Waals surface area contributed by atoms with E-state index in [1.54, 1.807) is 5.51 Å². The van der Waals surface area contributed by atoms with E-state index in [1.807, 2.05) is 0 Å². The molecule has 70 valence electrons. The highest BCUT2D eigenvalue weighted by molar-refractivity contribution is 7.11. The van der Waals surface area contributed by atoms with Gasteiger partial charge in [-0.15, -0.1) is 11.3 Å². The van der Waals surface area contributed by atoms with Gasteiger partial charge in [0.05, 0.1) is 22.3 Å². The zero-order chi connectivity index (χ0) is 9.97. The molecular formula is C9H5FN2OS. The summed E-state index contributed by atoms with van der Waals surface area (Å²) in [6.07, 6.45) is 3.29. The highest BCUT2D eigenvalue weighted by Crippen LogP contribution is 2.23. The van der Waals surface area contributed by atoms with Crippen LogP contribution in [0.4, 0.5) is 4.39 Å². The Kier molecular flexibility index (Phi) is 2.32. The van der Waals surface area contributed by atoms with Crippen LogP contribution in [0.15, 0.2) is 24.0 Å². The Balaban J connectivity index is 2.54. The number of pyridine rings is 1. The maximum Gasteiger partial charge on any atom is 0.162 e. The van der Waals surface area contributed by atoms with Crippen LogP contribution < -0.4 is 0 Å². The minimum atomic E-state index is -0.438. The van der Waals surface area contributed by atoms with Gasteiger partial charge in [-0.05, 0) is 6.07 Å². The summed E-state index contributed by atoms with van der Waals surface area (Å²) in [5, 5.41) is 0. The van der Waals surface area contributed by atoms with Crippen LogP contribution >= 0.6 is 11.3 Å². The number of thiazole rings is 1. The summed E-state index contributed by atoms with van der Waals surface area (Å²) in [5.41, 5.74) is 2.55. The number of carbonyl (C=O) groups excluding carboxylic acids is 1. The number of aromatic nitrogens is 2. The second-order valence-electron chi connectivity index (χ2n) is 2.57. The van der Waals surface area contributed by atoms with Gasteiger partial charge in [0.2, 0.25) is 0 Å². The van der Waals surface area contributed by atoms with Crippen molar-refractivity contribution in [1.29, 1.82) is 0 Å². The van der Waals surface area contributed by atoms with Gasteiger partial charge in [0.25, 0.3) is 0 Å². The Morgan fingerprint density at radius 2 is 2.29 bits per heavy atom. The van der Waals surface area contributed by atoms with E-state index < -0.39 is 5.82 Å². The number of hydrogen-bond donors (Lipinski definition) is 0. The van der Waals surface area contributed by atoms with Crippen LogP contribution in [-0.4, -0.2) is 16.3 Å². The smallest absolute Gasteiger partial charge is 0.162 e. The van der Waals surface area contributed by atoms with Gasteiger partial charge in [-0.1, -0.05) is 0 Å². The number of hydrogen-bond acceptors (Lipinski definition) is 4. The van der Waals surface area contributed by atoms with E-state index in [-0.39, 0.29) is 0 Å². The highest BCUT2D eigenvalue weighted by atomic mass is 32.1. The van der Waals surface area contributed by atoms with Crippen molar-refractivity contribution in [2.45, 2.75) is 0 Å². The molecule has 14 heavy (non-hydrogen) atoms. The number of rotatable bonds is 2. The Morgan fingerprint density at radius 1 is 1.43 bits per heavy atom. The predicted molar refractivity (Wildman–Crippen MR) is 50.7 cm³/mol. The maximum absolute atomic E-state index is 12.8. The molecule has 0 amide bonds. The SMILES string of the molecule is O=Cc1scnc1-c1cncc(F)c1. The molecule has 0 aliphatic rings. The zero-order valence-corrected chi connectivity index (χ0v) is 7.79. The van der Waals surface area contributed by atoms with Gasteiger partial charge in [0, 0.05) is 11.8 Å². The first-order valence-electron chi connectivity index (χ1n) is 3.81. The minimum Gasteiger partial charge on any atom is -0.297 e. The Morgan fingerprint density at radius 3 is 3.00 bits per heavy atom. The van der Waals surface area contributed by atoms with Gasteiger partial charge >= 0.3 is 0 Å². The second-order valence-corrected chi connectivity index (χ2v) is 3.46. The standard InChI is InChI=1S/C9H5FN2OS/c10-7-1-6(2-11-3-7)9-8(4-13)14-5-12-9/h1-5H. The fourth-order valence-corrected chi connectivity index (χ4v) is 1.71. The van der Waals surface area contributed by atoms with Gasteiger partial charge in [-0.25, -0.2) is 9.37 Å². The lowest BCUT2D eigenvalue weighted by atomic mass is 10.2. The van der Waals surface area contributed by atoms with Crippen LogP contribution in [-0.2, 0) is 0 Å². The van der Waals surface area contributed by atoms with Crippen molar-refractivity contribution in [2.24, 2.45) is 0 Å². The summed E-state index contributed by atoms with van der Waals surface area (Å²) < 4.78 is 12.8. The predicted octanol–water partition coefficient (Wildman–Crippen LogP) is 2.16. The third-order valence-corrected chi connectivity index (χ3v) is 2.43. The third kappa shape index (κ3) is 1.54. The van der Waals surface area contributed by atoms with Gasteiger partial charge in [-0.2, -0.15) is 0 Å². The zero-order valence-electron chi connectivity index (χ0n) is 6.98. The fourth-order valence-electron chi connectivity index (χ4n) is 1.10. The lowest BCUT2D eigenvalue weighted by Crippen LogP contribution is -1.86. The number of aldehydes is 1. The van der Waals surface area contributed by atoms with Crippen molar-refractivity contribution < 1.29 is 9.18 Å². The molecule has 0 aliphatic carbocycles. The molecule has 5 heteroatoms. The highest BCUT2D eigenvalue weighted by Gasteiger charge is 2.08. The van der Waals surface area contributed by atoms with Crippen LogP contribution in [0, 0.1) is 5.82 Å². The number of halogens is 1. The largest absolute Gasteiger partial charge is 0.297 e. The van der Waals surface area contributed by atoms with Crippen molar-refractivity contribution in [3.63, 3.8) is 0 Å². The maximum atomic E-state index is 12.8. The van der Waals surface area contributed by atoms with E-state index in [9.17, 15) is 9.18 Å². The molecule has 0 bridgehead atoms. The topological polar surface area (TPSA) is 42.9 Å². The van der Waals surface area contributed by atoms with Crippen molar-refractivity contribution in [2.75, 3.05) is 0 Å². The first-order valence-corrected chi connectivity index (χ1v) is 4.69. The molecule has 0 aromatic carbocycles. The van der Waals surface area contributed by atoms with E-state index in [4.69, 9.17) is 0 Å². The normalized spacial score (nSPS) is 10.1. The van der Waals surface area contributed by atoms with E-state index >= 15 is 0 Å². The summed E-state index contributed by atoms with van der Waals surface area (Å²) in [4.78, 5) is 18.8. The van der Waals surface area contributed by atoms with E-state index in [1.165, 1.54) is 23.6 Å². The summed E-state index contributed by atoms with van der Waals surface area (Å²) >= 11 is 1.22. The first-order chi connectivity index (χ1) is 6.81. The molecule has 0 N–H and O–H groups in total. The molecule has 0 unspecified atom stereocenters. The average Bonchev–Trinajstić information content (AvgIpc) is 2.65.